The summed E-state index contributed by atoms with van der Waals surface area (Å²) in [6, 6.07) is 5.30. The van der Waals surface area contributed by atoms with E-state index in [-0.39, 0.29) is 0 Å². The van der Waals surface area contributed by atoms with Crippen molar-refractivity contribution in [3.63, 3.8) is 0 Å². The van der Waals surface area contributed by atoms with Crippen LogP contribution in [0.3, 0.4) is 0 Å². The molecule has 0 radical (unpaired) electrons. The zero-order chi connectivity index (χ0) is 14.1. The molecule has 1 aromatic carbocycles. The van der Waals surface area contributed by atoms with Crippen LogP contribution in [0.25, 0.3) is 0 Å². The molecule has 1 aromatic rings. The summed E-state index contributed by atoms with van der Waals surface area (Å²) < 4.78 is 10.2. The van der Waals surface area contributed by atoms with Gasteiger partial charge in [0.25, 0.3) is 0 Å². The van der Waals surface area contributed by atoms with Gasteiger partial charge in [0, 0.05) is 19.8 Å². The summed E-state index contributed by atoms with van der Waals surface area (Å²) in [7, 11) is 0. The largest absolute Gasteiger partial charge is 0.462 e. The van der Waals surface area contributed by atoms with Gasteiger partial charge in [-0.3, -0.25) is 0 Å². The summed E-state index contributed by atoms with van der Waals surface area (Å²) in [5, 5.41) is 3.20. The number of ether oxygens (including phenoxy) is 2. The summed E-state index contributed by atoms with van der Waals surface area (Å²) in [5.41, 5.74) is 7.54. The van der Waals surface area contributed by atoms with E-state index in [1.54, 1.807) is 19.1 Å². The third kappa shape index (κ3) is 4.79. The minimum Gasteiger partial charge on any atom is -0.462 e. The first-order valence-electron chi connectivity index (χ1n) is 6.57. The second-order valence-corrected chi connectivity index (χ2v) is 3.96. The first-order chi connectivity index (χ1) is 9.20. The predicted molar refractivity (Wildman–Crippen MR) is 76.4 cm³/mol. The summed E-state index contributed by atoms with van der Waals surface area (Å²) in [5.74, 6) is -0.391. The van der Waals surface area contributed by atoms with Crippen molar-refractivity contribution in [1.82, 2.24) is 0 Å². The Morgan fingerprint density at radius 1 is 1.32 bits per heavy atom. The van der Waals surface area contributed by atoms with Crippen molar-refractivity contribution in [3.8, 4) is 0 Å². The van der Waals surface area contributed by atoms with E-state index >= 15 is 0 Å². The first kappa shape index (κ1) is 15.3. The van der Waals surface area contributed by atoms with Crippen LogP contribution in [0, 0.1) is 0 Å². The quantitative estimate of drug-likeness (QED) is 0.429. The minimum atomic E-state index is -0.391. The molecule has 1 rings (SSSR count). The van der Waals surface area contributed by atoms with Gasteiger partial charge in [-0.15, -0.1) is 0 Å². The van der Waals surface area contributed by atoms with Gasteiger partial charge in [0.2, 0.25) is 0 Å². The maximum Gasteiger partial charge on any atom is 0.340 e. The lowest BCUT2D eigenvalue weighted by Crippen LogP contribution is -2.12. The Bertz CT molecular complexity index is 408. The molecule has 0 aliphatic carbocycles. The zero-order valence-electron chi connectivity index (χ0n) is 11.6. The standard InChI is InChI=1S/C14H22N2O3/c1-3-18-10-6-9-16-12-8-5-7-11(13(12)15)14(17)19-4-2/h5,7-8,16H,3-4,6,9-10,15H2,1-2H3. The van der Waals surface area contributed by atoms with Gasteiger partial charge in [-0.1, -0.05) is 6.07 Å². The third-order valence-corrected chi connectivity index (χ3v) is 2.59. The van der Waals surface area contributed by atoms with Crippen LogP contribution in [-0.2, 0) is 9.47 Å². The van der Waals surface area contributed by atoms with Crippen LogP contribution in [0.1, 0.15) is 30.6 Å². The van der Waals surface area contributed by atoms with Crippen molar-refractivity contribution in [2.24, 2.45) is 0 Å². The Morgan fingerprint density at radius 2 is 2.11 bits per heavy atom. The highest BCUT2D eigenvalue weighted by Gasteiger charge is 2.12. The smallest absolute Gasteiger partial charge is 0.340 e. The fraction of sp³-hybridized carbons (Fsp3) is 0.500. The molecular weight excluding hydrogens is 244 g/mol. The Hall–Kier alpha value is -1.75. The molecule has 0 atom stereocenters. The summed E-state index contributed by atoms with van der Waals surface area (Å²) in [6.45, 7) is 6.25. The van der Waals surface area contributed by atoms with Crippen molar-refractivity contribution < 1.29 is 14.3 Å². The summed E-state index contributed by atoms with van der Waals surface area (Å²) in [6.07, 6.45) is 0.886. The van der Waals surface area contributed by atoms with Gasteiger partial charge in [0.05, 0.1) is 23.5 Å². The van der Waals surface area contributed by atoms with Crippen molar-refractivity contribution >= 4 is 17.3 Å². The number of esters is 1. The number of nitrogens with two attached hydrogens (primary N) is 1. The Morgan fingerprint density at radius 3 is 2.79 bits per heavy atom. The van der Waals surface area contributed by atoms with Crippen LogP contribution < -0.4 is 11.1 Å². The monoisotopic (exact) mass is 266 g/mol. The molecule has 5 heteroatoms. The molecule has 19 heavy (non-hydrogen) atoms. The second-order valence-electron chi connectivity index (χ2n) is 3.96. The number of anilines is 2. The molecule has 0 saturated heterocycles. The van der Waals surface area contributed by atoms with Gasteiger partial charge in [-0.25, -0.2) is 4.79 Å². The van der Waals surface area contributed by atoms with Crippen LogP contribution >= 0.6 is 0 Å². The van der Waals surface area contributed by atoms with Crippen molar-refractivity contribution in [3.05, 3.63) is 23.8 Å². The van der Waals surface area contributed by atoms with Crippen LogP contribution in [0.5, 0.6) is 0 Å². The van der Waals surface area contributed by atoms with E-state index in [0.717, 1.165) is 25.3 Å². The van der Waals surface area contributed by atoms with E-state index in [2.05, 4.69) is 5.32 Å². The molecule has 0 aromatic heterocycles. The van der Waals surface area contributed by atoms with Crippen LogP contribution in [0.15, 0.2) is 18.2 Å². The number of rotatable bonds is 8. The van der Waals surface area contributed by atoms with Gasteiger partial charge in [-0.05, 0) is 32.4 Å². The highest BCUT2D eigenvalue weighted by molar-refractivity contribution is 5.98. The average Bonchev–Trinajstić information content (AvgIpc) is 2.40. The molecule has 106 valence electrons. The van der Waals surface area contributed by atoms with Gasteiger partial charge >= 0.3 is 5.97 Å². The van der Waals surface area contributed by atoms with Gasteiger partial charge in [-0.2, -0.15) is 0 Å². The van der Waals surface area contributed by atoms with Crippen molar-refractivity contribution in [1.29, 1.82) is 0 Å². The number of nitrogen functional groups attached to an aromatic ring is 1. The number of nitrogens with one attached hydrogen (secondary N) is 1. The maximum atomic E-state index is 11.7. The Kier molecular flexibility index (Phi) is 6.74. The maximum absolute atomic E-state index is 11.7. The summed E-state index contributed by atoms with van der Waals surface area (Å²) in [4.78, 5) is 11.7. The SMILES string of the molecule is CCOCCCNc1cccc(C(=O)OCC)c1N. The average molecular weight is 266 g/mol. The van der Waals surface area contributed by atoms with E-state index in [9.17, 15) is 4.79 Å². The summed E-state index contributed by atoms with van der Waals surface area (Å²) >= 11 is 0. The molecule has 5 nitrogen and oxygen atoms in total. The lowest BCUT2D eigenvalue weighted by atomic mass is 10.1. The molecular formula is C14H22N2O3. The lowest BCUT2D eigenvalue weighted by molar-refractivity contribution is 0.0527. The molecule has 0 spiro atoms. The van der Waals surface area contributed by atoms with E-state index in [0.29, 0.717) is 24.5 Å². The first-order valence-corrected chi connectivity index (χ1v) is 6.57. The van der Waals surface area contributed by atoms with E-state index in [1.165, 1.54) is 0 Å². The zero-order valence-corrected chi connectivity index (χ0v) is 11.6. The molecule has 0 fully saturated rings. The van der Waals surface area contributed by atoms with E-state index in [4.69, 9.17) is 15.2 Å². The number of carbonyl (C=O) groups excluding carboxylic acids is 1. The highest BCUT2D eigenvalue weighted by Crippen LogP contribution is 2.23. The van der Waals surface area contributed by atoms with Crippen molar-refractivity contribution in [2.75, 3.05) is 37.4 Å². The topological polar surface area (TPSA) is 73.6 Å². The van der Waals surface area contributed by atoms with Gasteiger partial charge in [0.1, 0.15) is 0 Å². The fourth-order valence-corrected chi connectivity index (χ4v) is 1.65. The Balaban J connectivity index is 2.59. The molecule has 0 aliphatic heterocycles. The fourth-order valence-electron chi connectivity index (χ4n) is 1.65. The second kappa shape index (κ2) is 8.37. The number of carbonyl (C=O) groups is 1. The van der Waals surface area contributed by atoms with Crippen LogP contribution in [0.4, 0.5) is 11.4 Å². The molecule has 0 saturated carbocycles. The third-order valence-electron chi connectivity index (χ3n) is 2.59. The lowest BCUT2D eigenvalue weighted by Gasteiger charge is -2.12. The number of benzene rings is 1. The molecule has 0 heterocycles. The predicted octanol–water partition coefficient (Wildman–Crippen LogP) is 2.28. The number of hydrogen-bond donors (Lipinski definition) is 2. The highest BCUT2D eigenvalue weighted by atomic mass is 16.5. The Labute approximate surface area is 114 Å². The minimum absolute atomic E-state index is 0.338. The molecule has 0 aliphatic rings. The van der Waals surface area contributed by atoms with Crippen molar-refractivity contribution in [2.45, 2.75) is 20.3 Å². The van der Waals surface area contributed by atoms with E-state index < -0.39 is 5.97 Å². The molecule has 0 unspecified atom stereocenters. The van der Waals surface area contributed by atoms with Gasteiger partial charge in [0.15, 0.2) is 0 Å². The van der Waals surface area contributed by atoms with Gasteiger partial charge < -0.3 is 20.5 Å². The number of hydrogen-bond acceptors (Lipinski definition) is 5. The van der Waals surface area contributed by atoms with E-state index in [1.807, 2.05) is 13.0 Å². The molecule has 3 N–H and O–H groups in total. The normalized spacial score (nSPS) is 10.2. The molecule has 0 amide bonds. The molecule has 0 bridgehead atoms. The van der Waals surface area contributed by atoms with Crippen LogP contribution in [-0.4, -0.2) is 32.3 Å². The van der Waals surface area contributed by atoms with Crippen LogP contribution in [0.2, 0.25) is 0 Å². The number of para-hydroxylation sites is 1.